The molecule has 0 aromatic carbocycles. The van der Waals surface area contributed by atoms with Gasteiger partial charge in [0.05, 0.1) is 12.6 Å². The monoisotopic (exact) mass is 300 g/mol. The average molecular weight is 300 g/mol. The van der Waals surface area contributed by atoms with Crippen LogP contribution < -0.4 is 0 Å². The molecule has 0 bridgehead atoms. The SMILES string of the molecule is C#CCN(CC=C)C(=O)c1ccc([C@@H](C)N2CCCCC2)o1. The Bertz CT molecular complexity index is 550. The lowest BCUT2D eigenvalue weighted by Crippen LogP contribution is -2.32. The van der Waals surface area contributed by atoms with Gasteiger partial charge in [0.15, 0.2) is 5.76 Å². The molecule has 2 rings (SSSR count). The van der Waals surface area contributed by atoms with Crippen LogP contribution in [0.4, 0.5) is 0 Å². The number of piperidine rings is 1. The molecule has 1 aromatic heterocycles. The van der Waals surface area contributed by atoms with Gasteiger partial charge < -0.3 is 9.32 Å². The van der Waals surface area contributed by atoms with Gasteiger partial charge in [-0.2, -0.15) is 0 Å². The molecule has 0 spiro atoms. The summed E-state index contributed by atoms with van der Waals surface area (Å²) in [5.74, 6) is 3.49. The molecule has 118 valence electrons. The molecule has 0 radical (unpaired) electrons. The second-order valence-electron chi connectivity index (χ2n) is 5.65. The van der Waals surface area contributed by atoms with Gasteiger partial charge >= 0.3 is 0 Å². The van der Waals surface area contributed by atoms with Crippen LogP contribution in [0.3, 0.4) is 0 Å². The van der Waals surface area contributed by atoms with Gasteiger partial charge in [-0.25, -0.2) is 0 Å². The summed E-state index contributed by atoms with van der Waals surface area (Å²) in [6, 6.07) is 3.83. The molecular formula is C18H24N2O2. The molecule has 4 heteroatoms. The third kappa shape index (κ3) is 3.80. The van der Waals surface area contributed by atoms with Gasteiger partial charge in [-0.1, -0.05) is 18.4 Å². The molecule has 4 nitrogen and oxygen atoms in total. The van der Waals surface area contributed by atoms with Gasteiger partial charge in [0, 0.05) is 6.54 Å². The fourth-order valence-corrected chi connectivity index (χ4v) is 2.82. The number of hydrogen-bond acceptors (Lipinski definition) is 3. The summed E-state index contributed by atoms with van der Waals surface area (Å²) in [7, 11) is 0. The van der Waals surface area contributed by atoms with Crippen molar-refractivity contribution >= 4 is 5.91 Å². The lowest BCUT2D eigenvalue weighted by Gasteiger charge is -2.31. The Morgan fingerprint density at radius 1 is 1.50 bits per heavy atom. The zero-order valence-electron chi connectivity index (χ0n) is 13.3. The molecule has 1 aliphatic heterocycles. The van der Waals surface area contributed by atoms with Crippen LogP contribution in [0.25, 0.3) is 0 Å². The summed E-state index contributed by atoms with van der Waals surface area (Å²) in [5.41, 5.74) is 0. The first-order valence-electron chi connectivity index (χ1n) is 7.84. The van der Waals surface area contributed by atoms with Crippen LogP contribution in [-0.2, 0) is 0 Å². The van der Waals surface area contributed by atoms with E-state index >= 15 is 0 Å². The van der Waals surface area contributed by atoms with E-state index in [-0.39, 0.29) is 18.5 Å². The second kappa shape index (κ2) is 7.86. The zero-order chi connectivity index (χ0) is 15.9. The maximum absolute atomic E-state index is 12.4. The molecule has 2 heterocycles. The van der Waals surface area contributed by atoms with E-state index in [2.05, 4.69) is 24.3 Å². The number of amides is 1. The summed E-state index contributed by atoms with van der Waals surface area (Å²) in [4.78, 5) is 16.4. The van der Waals surface area contributed by atoms with Crippen LogP contribution in [0, 0.1) is 12.3 Å². The molecule has 1 aromatic rings. The fourth-order valence-electron chi connectivity index (χ4n) is 2.82. The summed E-state index contributed by atoms with van der Waals surface area (Å²) >= 11 is 0. The zero-order valence-corrected chi connectivity index (χ0v) is 13.3. The first kappa shape index (κ1) is 16.4. The Hall–Kier alpha value is -1.99. The van der Waals surface area contributed by atoms with Crippen LogP contribution >= 0.6 is 0 Å². The van der Waals surface area contributed by atoms with Crippen LogP contribution in [0.15, 0.2) is 29.2 Å². The highest BCUT2D eigenvalue weighted by Gasteiger charge is 2.23. The van der Waals surface area contributed by atoms with Crippen LogP contribution in [0.2, 0.25) is 0 Å². The number of carbonyl (C=O) groups is 1. The smallest absolute Gasteiger partial charge is 0.290 e. The molecule has 1 amide bonds. The van der Waals surface area contributed by atoms with E-state index < -0.39 is 0 Å². The van der Waals surface area contributed by atoms with Crippen LogP contribution in [0.5, 0.6) is 0 Å². The van der Waals surface area contributed by atoms with Gasteiger partial charge in [-0.15, -0.1) is 13.0 Å². The van der Waals surface area contributed by atoms with E-state index in [0.29, 0.717) is 12.3 Å². The lowest BCUT2D eigenvalue weighted by atomic mass is 10.1. The molecule has 1 fully saturated rings. The molecule has 1 atom stereocenters. The number of furan rings is 1. The van der Waals surface area contributed by atoms with E-state index in [4.69, 9.17) is 10.8 Å². The predicted molar refractivity (Wildman–Crippen MR) is 87.5 cm³/mol. The predicted octanol–water partition coefficient (Wildman–Crippen LogP) is 3.09. The highest BCUT2D eigenvalue weighted by atomic mass is 16.4. The summed E-state index contributed by atoms with van der Waals surface area (Å²) < 4.78 is 5.80. The van der Waals surface area contributed by atoms with Crippen molar-refractivity contribution in [3.05, 3.63) is 36.3 Å². The van der Waals surface area contributed by atoms with Crippen molar-refractivity contribution in [3.63, 3.8) is 0 Å². The number of nitrogens with zero attached hydrogens (tertiary/aromatic N) is 2. The second-order valence-corrected chi connectivity index (χ2v) is 5.65. The Morgan fingerprint density at radius 3 is 2.86 bits per heavy atom. The molecule has 0 unspecified atom stereocenters. The largest absolute Gasteiger partial charge is 0.454 e. The Kier molecular flexibility index (Phi) is 5.85. The highest BCUT2D eigenvalue weighted by molar-refractivity contribution is 5.91. The summed E-state index contributed by atoms with van der Waals surface area (Å²) in [6.45, 7) is 8.63. The minimum atomic E-state index is -0.185. The van der Waals surface area contributed by atoms with E-state index in [0.717, 1.165) is 18.8 Å². The number of carbonyl (C=O) groups excluding carboxylic acids is 1. The van der Waals surface area contributed by atoms with Crippen LogP contribution in [0.1, 0.15) is 48.5 Å². The maximum Gasteiger partial charge on any atom is 0.290 e. The number of hydrogen-bond donors (Lipinski definition) is 0. The fraction of sp³-hybridized carbons (Fsp3) is 0.500. The van der Waals surface area contributed by atoms with Crippen molar-refractivity contribution in [3.8, 4) is 12.3 Å². The number of likely N-dealkylation sites (tertiary alicyclic amines) is 1. The Labute approximate surface area is 132 Å². The van der Waals surface area contributed by atoms with E-state index in [1.807, 2.05) is 6.07 Å². The molecule has 0 saturated carbocycles. The first-order chi connectivity index (χ1) is 10.7. The standard InChI is InChI=1S/C18H24N2O2/c1-4-11-20(12-5-2)18(21)17-10-9-16(22-17)15(3)19-13-7-6-8-14-19/h1,5,9-10,15H,2,6-8,11-14H2,3H3/t15-/m1/s1. The van der Waals surface area contributed by atoms with Gasteiger partial charge in [0.2, 0.25) is 0 Å². The average Bonchev–Trinajstić information content (AvgIpc) is 3.04. The topological polar surface area (TPSA) is 36.7 Å². The first-order valence-corrected chi connectivity index (χ1v) is 7.84. The van der Waals surface area contributed by atoms with Crippen LogP contribution in [-0.4, -0.2) is 41.9 Å². The summed E-state index contributed by atoms with van der Waals surface area (Å²) in [5, 5.41) is 0. The normalized spacial score (nSPS) is 16.7. The number of rotatable bonds is 6. The molecule has 1 saturated heterocycles. The summed E-state index contributed by atoms with van der Waals surface area (Å²) in [6.07, 6.45) is 10.7. The third-order valence-corrected chi connectivity index (χ3v) is 4.11. The quantitative estimate of drug-likeness (QED) is 0.598. The Morgan fingerprint density at radius 2 is 2.23 bits per heavy atom. The highest BCUT2D eigenvalue weighted by Crippen LogP contribution is 2.26. The molecule has 22 heavy (non-hydrogen) atoms. The van der Waals surface area contributed by atoms with E-state index in [9.17, 15) is 4.79 Å². The van der Waals surface area contributed by atoms with E-state index in [1.54, 1.807) is 17.0 Å². The van der Waals surface area contributed by atoms with Gasteiger partial charge in [0.25, 0.3) is 5.91 Å². The maximum atomic E-state index is 12.4. The minimum Gasteiger partial charge on any atom is -0.454 e. The van der Waals surface area contributed by atoms with Crippen molar-refractivity contribution in [1.82, 2.24) is 9.80 Å². The van der Waals surface area contributed by atoms with Gasteiger partial charge in [0.1, 0.15) is 5.76 Å². The van der Waals surface area contributed by atoms with Crippen molar-refractivity contribution in [2.45, 2.75) is 32.2 Å². The minimum absolute atomic E-state index is 0.185. The lowest BCUT2D eigenvalue weighted by molar-refractivity contribution is 0.0753. The molecular weight excluding hydrogens is 276 g/mol. The molecule has 0 aliphatic carbocycles. The van der Waals surface area contributed by atoms with Gasteiger partial charge in [-0.05, 0) is 45.0 Å². The van der Waals surface area contributed by atoms with Crippen molar-refractivity contribution < 1.29 is 9.21 Å². The third-order valence-electron chi connectivity index (χ3n) is 4.11. The number of terminal acetylenes is 1. The molecule has 1 aliphatic rings. The molecule has 0 N–H and O–H groups in total. The van der Waals surface area contributed by atoms with E-state index in [1.165, 1.54) is 19.3 Å². The van der Waals surface area contributed by atoms with Gasteiger partial charge in [-0.3, -0.25) is 9.69 Å². The van der Waals surface area contributed by atoms with Crippen molar-refractivity contribution in [2.75, 3.05) is 26.2 Å². The van der Waals surface area contributed by atoms with Crippen molar-refractivity contribution in [2.24, 2.45) is 0 Å². The Balaban J connectivity index is 2.07. The van der Waals surface area contributed by atoms with Crippen molar-refractivity contribution in [1.29, 1.82) is 0 Å².